The smallest absolute Gasteiger partial charge is 0.295 e. The average Bonchev–Trinajstić information content (AvgIpc) is 2.03. The van der Waals surface area contributed by atoms with Gasteiger partial charge in [0, 0.05) is 7.11 Å². The lowest BCUT2D eigenvalue weighted by atomic mass is 10.3. The summed E-state index contributed by atoms with van der Waals surface area (Å²) in [6.07, 6.45) is 1.29. The normalized spacial score (nSPS) is 13.8. The number of carbonyl (C=O) groups excluding carboxylic acids is 2. The third-order valence-corrected chi connectivity index (χ3v) is 1.01. The maximum atomic E-state index is 10.1. The zero-order chi connectivity index (χ0) is 8.69. The quantitative estimate of drug-likeness (QED) is 0.327. The molecule has 4 nitrogen and oxygen atoms in total. The highest BCUT2D eigenvalue weighted by molar-refractivity contribution is 5.72. The van der Waals surface area contributed by atoms with Crippen LogP contribution in [0.25, 0.3) is 0 Å². The summed E-state index contributed by atoms with van der Waals surface area (Å²) in [5.41, 5.74) is 0.457. The highest BCUT2D eigenvalue weighted by Gasteiger charge is 2.01. The minimum atomic E-state index is -0.766. The van der Waals surface area contributed by atoms with Gasteiger partial charge in [0.2, 0.25) is 6.29 Å². The zero-order valence-electron chi connectivity index (χ0n) is 6.44. The average molecular weight is 158 g/mol. The van der Waals surface area contributed by atoms with Crippen molar-refractivity contribution < 1.29 is 19.1 Å². The Morgan fingerprint density at radius 2 is 2.09 bits per heavy atom. The first-order valence-electron chi connectivity index (χ1n) is 3.00. The molecular weight excluding hydrogens is 148 g/mol. The van der Waals surface area contributed by atoms with Gasteiger partial charge < -0.3 is 9.47 Å². The van der Waals surface area contributed by atoms with Gasteiger partial charge in [0.15, 0.2) is 0 Å². The molecular formula is C7H10O4. The van der Waals surface area contributed by atoms with Gasteiger partial charge in [-0.1, -0.05) is 0 Å². The summed E-state index contributed by atoms with van der Waals surface area (Å²) in [6.45, 7) is 1.86. The van der Waals surface area contributed by atoms with Gasteiger partial charge in [-0.25, -0.2) is 0 Å². The van der Waals surface area contributed by atoms with Crippen LogP contribution in [0.3, 0.4) is 0 Å². The second-order valence-corrected chi connectivity index (χ2v) is 1.86. The van der Waals surface area contributed by atoms with Crippen molar-refractivity contribution in [3.8, 4) is 0 Å². The molecule has 1 unspecified atom stereocenters. The van der Waals surface area contributed by atoms with Gasteiger partial charge in [0.05, 0.1) is 0 Å². The molecule has 0 N–H and O–H groups in total. The molecule has 0 aromatic carbocycles. The molecule has 1 atom stereocenters. The lowest BCUT2D eigenvalue weighted by molar-refractivity contribution is -0.149. The molecule has 0 spiro atoms. The molecule has 11 heavy (non-hydrogen) atoms. The van der Waals surface area contributed by atoms with Crippen LogP contribution in [0.2, 0.25) is 0 Å². The van der Waals surface area contributed by atoms with Crippen molar-refractivity contribution in [3.63, 3.8) is 0 Å². The third kappa shape index (κ3) is 4.27. The molecule has 0 saturated carbocycles. The topological polar surface area (TPSA) is 52.6 Å². The van der Waals surface area contributed by atoms with Crippen LogP contribution in [0.4, 0.5) is 0 Å². The molecule has 0 rings (SSSR count). The van der Waals surface area contributed by atoms with Gasteiger partial charge in [-0.15, -0.1) is 0 Å². The predicted molar refractivity (Wildman–Crippen MR) is 37.8 cm³/mol. The first-order chi connectivity index (χ1) is 5.24. The van der Waals surface area contributed by atoms with E-state index in [1.807, 2.05) is 0 Å². The molecule has 0 bridgehead atoms. The Labute approximate surface area is 64.8 Å². The van der Waals surface area contributed by atoms with Crippen molar-refractivity contribution in [3.05, 3.63) is 11.6 Å². The summed E-state index contributed by atoms with van der Waals surface area (Å²) >= 11 is 0. The molecule has 0 aliphatic rings. The van der Waals surface area contributed by atoms with Crippen LogP contribution in [0.1, 0.15) is 6.92 Å². The monoisotopic (exact) mass is 158 g/mol. The van der Waals surface area contributed by atoms with E-state index in [0.717, 1.165) is 0 Å². The minimum Gasteiger partial charge on any atom is -0.434 e. The zero-order valence-corrected chi connectivity index (χ0v) is 6.44. The van der Waals surface area contributed by atoms with Gasteiger partial charge in [-0.2, -0.15) is 0 Å². The number of carbonyl (C=O) groups is 2. The molecule has 0 amide bonds. The molecule has 0 heterocycles. The number of aldehydes is 1. The lowest BCUT2D eigenvalue weighted by Crippen LogP contribution is -2.11. The summed E-state index contributed by atoms with van der Waals surface area (Å²) < 4.78 is 9.10. The molecule has 0 fully saturated rings. The number of allylic oxidation sites excluding steroid dienone is 1. The highest BCUT2D eigenvalue weighted by atomic mass is 16.7. The van der Waals surface area contributed by atoms with Crippen molar-refractivity contribution in [2.45, 2.75) is 13.2 Å². The van der Waals surface area contributed by atoms with E-state index < -0.39 is 6.29 Å². The van der Waals surface area contributed by atoms with E-state index in [1.165, 1.54) is 13.2 Å². The number of hydrogen-bond acceptors (Lipinski definition) is 4. The molecule has 0 radical (unpaired) electrons. The van der Waals surface area contributed by atoms with Gasteiger partial charge in [-0.3, -0.25) is 9.59 Å². The Balaban J connectivity index is 4.03. The van der Waals surface area contributed by atoms with Gasteiger partial charge >= 0.3 is 0 Å². The van der Waals surface area contributed by atoms with E-state index in [-0.39, 0.29) is 6.47 Å². The predicted octanol–water partition coefficient (Wildman–Crippen LogP) is 0.277. The maximum Gasteiger partial charge on any atom is 0.295 e. The molecule has 0 aliphatic heterocycles. The molecule has 62 valence electrons. The first kappa shape index (κ1) is 9.84. The van der Waals surface area contributed by atoms with Crippen LogP contribution in [0.5, 0.6) is 0 Å². The standard InChI is InChI=1S/C7H10O4/c1-6(4-8)3-7(10-2)11-5-9/h3-5,7H,1-2H3/b6-3-. The second-order valence-electron chi connectivity index (χ2n) is 1.86. The van der Waals surface area contributed by atoms with Crippen LogP contribution >= 0.6 is 0 Å². The number of hydrogen-bond donors (Lipinski definition) is 0. The Bertz CT molecular complexity index is 162. The van der Waals surface area contributed by atoms with Gasteiger partial charge in [0.25, 0.3) is 6.47 Å². The molecule has 0 aliphatic carbocycles. The third-order valence-electron chi connectivity index (χ3n) is 1.01. The summed E-state index contributed by atoms with van der Waals surface area (Å²) in [4.78, 5) is 19.9. The minimum absolute atomic E-state index is 0.267. The van der Waals surface area contributed by atoms with Crippen molar-refractivity contribution in [1.82, 2.24) is 0 Å². The van der Waals surface area contributed by atoms with Crippen molar-refractivity contribution in [2.75, 3.05) is 7.11 Å². The van der Waals surface area contributed by atoms with Crippen LogP contribution in [-0.2, 0) is 19.1 Å². The number of rotatable bonds is 5. The SMILES string of the molecule is COC(/C=C(/C)C=O)OC=O. The fraction of sp³-hybridized carbons (Fsp3) is 0.429. The Morgan fingerprint density at radius 3 is 2.45 bits per heavy atom. The summed E-state index contributed by atoms with van der Waals surface area (Å²) in [7, 11) is 1.38. The van der Waals surface area contributed by atoms with Crippen molar-refractivity contribution in [1.29, 1.82) is 0 Å². The summed E-state index contributed by atoms with van der Waals surface area (Å²) in [5.74, 6) is 0. The summed E-state index contributed by atoms with van der Waals surface area (Å²) in [6, 6.07) is 0. The van der Waals surface area contributed by atoms with Gasteiger partial charge in [-0.05, 0) is 18.6 Å². The second kappa shape index (κ2) is 5.61. The maximum absolute atomic E-state index is 10.1. The molecule has 0 aromatic rings. The van der Waals surface area contributed by atoms with Gasteiger partial charge in [0.1, 0.15) is 6.29 Å². The largest absolute Gasteiger partial charge is 0.434 e. The fourth-order valence-corrected chi connectivity index (χ4v) is 0.472. The first-order valence-corrected chi connectivity index (χ1v) is 3.00. The Hall–Kier alpha value is -1.16. The number of ether oxygens (including phenoxy) is 2. The van der Waals surface area contributed by atoms with E-state index in [9.17, 15) is 9.59 Å². The van der Waals surface area contributed by atoms with Crippen LogP contribution in [0, 0.1) is 0 Å². The lowest BCUT2D eigenvalue weighted by Gasteiger charge is -2.07. The van der Waals surface area contributed by atoms with E-state index in [1.54, 1.807) is 6.92 Å². The summed E-state index contributed by atoms with van der Waals surface area (Å²) in [5, 5.41) is 0. The van der Waals surface area contributed by atoms with E-state index >= 15 is 0 Å². The van der Waals surface area contributed by atoms with Crippen LogP contribution in [0.15, 0.2) is 11.6 Å². The molecule has 0 aromatic heterocycles. The van der Waals surface area contributed by atoms with E-state index in [2.05, 4.69) is 9.47 Å². The Morgan fingerprint density at radius 1 is 1.45 bits per heavy atom. The molecule has 4 heteroatoms. The van der Waals surface area contributed by atoms with Crippen molar-refractivity contribution in [2.24, 2.45) is 0 Å². The van der Waals surface area contributed by atoms with E-state index in [4.69, 9.17) is 0 Å². The Kier molecular flexibility index (Phi) is 5.02. The van der Waals surface area contributed by atoms with Crippen molar-refractivity contribution >= 4 is 12.8 Å². The van der Waals surface area contributed by atoms with Crippen LogP contribution < -0.4 is 0 Å². The molecule has 0 saturated heterocycles. The van der Waals surface area contributed by atoms with Crippen LogP contribution in [-0.4, -0.2) is 26.2 Å². The number of methoxy groups -OCH3 is 1. The van der Waals surface area contributed by atoms with E-state index in [0.29, 0.717) is 11.9 Å². The fourth-order valence-electron chi connectivity index (χ4n) is 0.472. The highest BCUT2D eigenvalue weighted by Crippen LogP contribution is 1.97.